The largest absolute Gasteiger partial charge is 0.411 e. The first-order valence-corrected chi connectivity index (χ1v) is 4.30. The van der Waals surface area contributed by atoms with Crippen LogP contribution in [0.5, 0.6) is 0 Å². The van der Waals surface area contributed by atoms with Crippen LogP contribution in [0, 0.1) is 5.92 Å². The van der Waals surface area contributed by atoms with Crippen molar-refractivity contribution in [2.24, 2.45) is 5.92 Å². The third kappa shape index (κ3) is 5.87. The van der Waals surface area contributed by atoms with E-state index in [1.54, 1.807) is 0 Å². The van der Waals surface area contributed by atoms with Crippen LogP contribution in [0.4, 0.5) is 13.2 Å². The lowest BCUT2D eigenvalue weighted by Crippen LogP contribution is -2.23. The Hall–Kier alpha value is -0.290. The maximum absolute atomic E-state index is 11.6. The number of aliphatic hydroxyl groups excluding tert-OH is 1. The van der Waals surface area contributed by atoms with Crippen molar-refractivity contribution < 1.29 is 23.0 Å². The van der Waals surface area contributed by atoms with E-state index in [0.29, 0.717) is 12.3 Å². The molecule has 0 aliphatic heterocycles. The molecule has 0 heterocycles. The quantitative estimate of drug-likeness (QED) is 0.728. The van der Waals surface area contributed by atoms with Crippen LogP contribution in [-0.4, -0.2) is 30.6 Å². The first-order valence-electron chi connectivity index (χ1n) is 4.30. The van der Waals surface area contributed by atoms with Crippen LogP contribution in [0.15, 0.2) is 0 Å². The van der Waals surface area contributed by atoms with Gasteiger partial charge in [-0.2, -0.15) is 13.2 Å². The van der Waals surface area contributed by atoms with Crippen LogP contribution < -0.4 is 0 Å². The van der Waals surface area contributed by atoms with E-state index in [4.69, 9.17) is 5.11 Å². The van der Waals surface area contributed by atoms with Crippen molar-refractivity contribution in [2.45, 2.75) is 31.5 Å². The third-order valence-electron chi connectivity index (χ3n) is 1.88. The molecular formula is C8H13F3O2. The molecule has 1 atom stereocenters. The summed E-state index contributed by atoms with van der Waals surface area (Å²) in [4.78, 5) is 0. The van der Waals surface area contributed by atoms with Gasteiger partial charge in [-0.1, -0.05) is 12.8 Å². The lowest BCUT2D eigenvalue weighted by Gasteiger charge is -2.11. The Balaban J connectivity index is 1.97. The number of hydrogen-bond donors (Lipinski definition) is 1. The molecule has 0 spiro atoms. The number of rotatable bonds is 5. The molecule has 13 heavy (non-hydrogen) atoms. The molecule has 1 fully saturated rings. The topological polar surface area (TPSA) is 29.5 Å². The highest BCUT2D eigenvalue weighted by atomic mass is 19.4. The molecule has 0 radical (unpaired) electrons. The molecule has 0 aromatic rings. The molecule has 5 heteroatoms. The number of aliphatic hydroxyl groups is 1. The Kier molecular flexibility index (Phi) is 3.55. The molecule has 0 amide bonds. The van der Waals surface area contributed by atoms with Gasteiger partial charge in [0.05, 0.1) is 12.7 Å². The maximum Gasteiger partial charge on any atom is 0.411 e. The van der Waals surface area contributed by atoms with Gasteiger partial charge in [-0.3, -0.25) is 0 Å². The molecule has 1 N–H and O–H groups in total. The minimum atomic E-state index is -4.29. The van der Waals surface area contributed by atoms with Crippen LogP contribution in [-0.2, 0) is 4.74 Å². The summed E-state index contributed by atoms with van der Waals surface area (Å²) < 4.78 is 39.0. The van der Waals surface area contributed by atoms with Crippen molar-refractivity contribution in [2.75, 3.05) is 13.2 Å². The summed E-state index contributed by atoms with van der Waals surface area (Å²) in [5.74, 6) is 0.504. The second-order valence-corrected chi connectivity index (χ2v) is 3.46. The summed E-state index contributed by atoms with van der Waals surface area (Å²) in [6.07, 6.45) is -2.31. The summed E-state index contributed by atoms with van der Waals surface area (Å²) >= 11 is 0. The fourth-order valence-electron chi connectivity index (χ4n) is 1.12. The molecule has 0 bridgehead atoms. The van der Waals surface area contributed by atoms with Crippen molar-refractivity contribution in [3.05, 3.63) is 0 Å². The van der Waals surface area contributed by atoms with Crippen LogP contribution in [0.25, 0.3) is 0 Å². The molecule has 1 unspecified atom stereocenters. The highest BCUT2D eigenvalue weighted by Crippen LogP contribution is 2.33. The molecule has 0 aromatic heterocycles. The molecule has 0 saturated heterocycles. The average Bonchev–Trinajstić information content (AvgIpc) is 2.68. The van der Waals surface area contributed by atoms with E-state index in [1.165, 1.54) is 0 Å². The van der Waals surface area contributed by atoms with E-state index in [1.807, 2.05) is 0 Å². The van der Waals surface area contributed by atoms with E-state index >= 15 is 0 Å². The number of ether oxygens (including phenoxy) is 1. The predicted octanol–water partition coefficient (Wildman–Crippen LogP) is 1.73. The molecule has 1 aliphatic carbocycles. The molecule has 0 aromatic carbocycles. The molecular weight excluding hydrogens is 185 g/mol. The normalized spacial score (nSPS) is 20.3. The first-order chi connectivity index (χ1) is 5.97. The predicted molar refractivity (Wildman–Crippen MR) is 40.2 cm³/mol. The molecule has 2 nitrogen and oxygen atoms in total. The van der Waals surface area contributed by atoms with Gasteiger partial charge in [0, 0.05) is 0 Å². The first kappa shape index (κ1) is 10.8. The van der Waals surface area contributed by atoms with Gasteiger partial charge in [0.25, 0.3) is 0 Å². The average molecular weight is 198 g/mol. The smallest absolute Gasteiger partial charge is 0.391 e. The molecule has 1 saturated carbocycles. The number of hydrogen-bond acceptors (Lipinski definition) is 2. The van der Waals surface area contributed by atoms with Gasteiger partial charge in [0.1, 0.15) is 6.61 Å². The Labute approximate surface area is 74.7 Å². The maximum atomic E-state index is 11.6. The minimum absolute atomic E-state index is 0.212. The van der Waals surface area contributed by atoms with Gasteiger partial charge in [-0.25, -0.2) is 0 Å². The van der Waals surface area contributed by atoms with Crippen molar-refractivity contribution in [3.8, 4) is 0 Å². The summed E-state index contributed by atoms with van der Waals surface area (Å²) in [7, 11) is 0. The van der Waals surface area contributed by atoms with Gasteiger partial charge in [0.15, 0.2) is 0 Å². The van der Waals surface area contributed by atoms with Gasteiger partial charge >= 0.3 is 6.18 Å². The third-order valence-corrected chi connectivity index (χ3v) is 1.88. The van der Waals surface area contributed by atoms with Crippen LogP contribution >= 0.6 is 0 Å². The molecule has 1 rings (SSSR count). The summed E-state index contributed by atoms with van der Waals surface area (Å²) in [6, 6.07) is 0. The zero-order chi connectivity index (χ0) is 9.90. The zero-order valence-corrected chi connectivity index (χ0v) is 7.18. The van der Waals surface area contributed by atoms with Gasteiger partial charge in [0.2, 0.25) is 0 Å². The van der Waals surface area contributed by atoms with E-state index in [9.17, 15) is 13.2 Å². The summed E-state index contributed by atoms with van der Waals surface area (Å²) in [5, 5.41) is 9.16. The second kappa shape index (κ2) is 4.28. The van der Waals surface area contributed by atoms with Crippen molar-refractivity contribution in [1.29, 1.82) is 0 Å². The number of halogens is 3. The van der Waals surface area contributed by atoms with Crippen LogP contribution in [0.1, 0.15) is 19.3 Å². The Morgan fingerprint density at radius 2 is 2.00 bits per heavy atom. The van der Waals surface area contributed by atoms with E-state index in [2.05, 4.69) is 4.74 Å². The van der Waals surface area contributed by atoms with Crippen molar-refractivity contribution in [1.82, 2.24) is 0 Å². The summed E-state index contributed by atoms with van der Waals surface area (Å²) in [6.45, 7) is -1.48. The fraction of sp³-hybridized carbons (Fsp3) is 1.00. The second-order valence-electron chi connectivity index (χ2n) is 3.46. The minimum Gasteiger partial charge on any atom is -0.391 e. The SMILES string of the molecule is OC(COCC(F)(F)F)CC1CC1. The highest BCUT2D eigenvalue weighted by molar-refractivity contribution is 4.76. The number of alkyl halides is 3. The fourth-order valence-corrected chi connectivity index (χ4v) is 1.12. The van der Waals surface area contributed by atoms with Crippen molar-refractivity contribution >= 4 is 0 Å². The summed E-state index contributed by atoms with van der Waals surface area (Å²) in [5.41, 5.74) is 0. The Morgan fingerprint density at radius 1 is 1.38 bits per heavy atom. The Bertz CT molecular complexity index is 154. The van der Waals surface area contributed by atoms with Gasteiger partial charge in [-0.15, -0.1) is 0 Å². The monoisotopic (exact) mass is 198 g/mol. The van der Waals surface area contributed by atoms with Crippen molar-refractivity contribution in [3.63, 3.8) is 0 Å². The lowest BCUT2D eigenvalue weighted by molar-refractivity contribution is -0.179. The van der Waals surface area contributed by atoms with E-state index in [0.717, 1.165) is 12.8 Å². The molecule has 78 valence electrons. The standard InChI is InChI=1S/C8H13F3O2/c9-8(10,11)5-13-4-7(12)3-6-1-2-6/h6-7,12H,1-5H2. The lowest BCUT2D eigenvalue weighted by atomic mass is 10.2. The van der Waals surface area contributed by atoms with E-state index < -0.39 is 18.9 Å². The highest BCUT2D eigenvalue weighted by Gasteiger charge is 2.29. The van der Waals surface area contributed by atoms with Gasteiger partial charge in [-0.05, 0) is 12.3 Å². The zero-order valence-electron chi connectivity index (χ0n) is 7.18. The van der Waals surface area contributed by atoms with Gasteiger partial charge < -0.3 is 9.84 Å². The van der Waals surface area contributed by atoms with Crippen LogP contribution in [0.3, 0.4) is 0 Å². The van der Waals surface area contributed by atoms with E-state index in [-0.39, 0.29) is 6.61 Å². The van der Waals surface area contributed by atoms with Crippen LogP contribution in [0.2, 0.25) is 0 Å². The molecule has 1 aliphatic rings. The Morgan fingerprint density at radius 3 is 2.46 bits per heavy atom.